The van der Waals surface area contributed by atoms with E-state index in [0.29, 0.717) is 6.42 Å². The fourth-order valence-electron chi connectivity index (χ4n) is 3.37. The van der Waals surface area contributed by atoms with Crippen LogP contribution in [0.3, 0.4) is 0 Å². The predicted octanol–water partition coefficient (Wildman–Crippen LogP) is 5.41. The lowest BCUT2D eigenvalue weighted by Gasteiger charge is -2.13. The molecule has 0 aliphatic carbocycles. The molecule has 4 aromatic rings. The number of aromatic amines is 1. The highest BCUT2D eigenvalue weighted by molar-refractivity contribution is 5.95. The van der Waals surface area contributed by atoms with Gasteiger partial charge in [-0.2, -0.15) is 0 Å². The van der Waals surface area contributed by atoms with Crippen molar-refractivity contribution in [3.8, 4) is 5.75 Å². The molecule has 5 heteroatoms. The molecular formula is C24H23N3O2. The van der Waals surface area contributed by atoms with Crippen molar-refractivity contribution in [1.82, 2.24) is 4.98 Å². The van der Waals surface area contributed by atoms with E-state index in [9.17, 15) is 4.79 Å². The molecule has 1 amide bonds. The molecule has 0 unspecified atom stereocenters. The first-order chi connectivity index (χ1) is 14.1. The van der Waals surface area contributed by atoms with Crippen LogP contribution < -0.4 is 15.4 Å². The summed E-state index contributed by atoms with van der Waals surface area (Å²) in [6.45, 7) is 2.04. The summed E-state index contributed by atoms with van der Waals surface area (Å²) in [5.74, 6) is 0.738. The van der Waals surface area contributed by atoms with Crippen molar-refractivity contribution in [1.29, 1.82) is 0 Å². The van der Waals surface area contributed by atoms with Crippen LogP contribution in [0, 0.1) is 6.92 Å². The van der Waals surface area contributed by atoms with Crippen molar-refractivity contribution in [2.45, 2.75) is 13.3 Å². The molecule has 3 N–H and O–H groups in total. The number of ether oxygens (including phenoxy) is 1. The summed E-state index contributed by atoms with van der Waals surface area (Å²) in [6, 6.07) is 21.6. The number of hydrogen-bond donors (Lipinski definition) is 3. The Morgan fingerprint density at radius 2 is 1.76 bits per heavy atom. The van der Waals surface area contributed by atoms with Gasteiger partial charge in [-0.15, -0.1) is 0 Å². The van der Waals surface area contributed by atoms with Crippen molar-refractivity contribution < 1.29 is 9.53 Å². The van der Waals surface area contributed by atoms with E-state index in [1.54, 1.807) is 7.11 Å². The molecule has 1 heterocycles. The van der Waals surface area contributed by atoms with Crippen LogP contribution in [0.15, 0.2) is 72.9 Å². The number of methoxy groups -OCH3 is 1. The van der Waals surface area contributed by atoms with Crippen LogP contribution in [-0.2, 0) is 11.2 Å². The minimum Gasteiger partial charge on any atom is -0.495 e. The van der Waals surface area contributed by atoms with Crippen LogP contribution in [0.1, 0.15) is 11.1 Å². The SMILES string of the molecule is COc1ccc(C)cc1Nc1ccc(NC(=O)Cc2c[nH]c3ccccc23)cc1. The Hall–Kier alpha value is -3.73. The van der Waals surface area contributed by atoms with Gasteiger partial charge in [0.2, 0.25) is 5.91 Å². The maximum Gasteiger partial charge on any atom is 0.228 e. The number of carbonyl (C=O) groups excluding carboxylic acids is 1. The van der Waals surface area contributed by atoms with E-state index < -0.39 is 0 Å². The van der Waals surface area contributed by atoms with E-state index in [1.807, 2.05) is 79.9 Å². The van der Waals surface area contributed by atoms with Crippen LogP contribution in [-0.4, -0.2) is 18.0 Å². The molecule has 146 valence electrons. The number of anilines is 3. The fourth-order valence-corrected chi connectivity index (χ4v) is 3.37. The summed E-state index contributed by atoms with van der Waals surface area (Å²) < 4.78 is 5.41. The molecule has 0 aliphatic heterocycles. The smallest absolute Gasteiger partial charge is 0.228 e. The van der Waals surface area contributed by atoms with E-state index in [-0.39, 0.29) is 5.91 Å². The summed E-state index contributed by atoms with van der Waals surface area (Å²) in [5, 5.41) is 7.40. The van der Waals surface area contributed by atoms with Crippen molar-refractivity contribution in [3.05, 3.63) is 84.1 Å². The van der Waals surface area contributed by atoms with Crippen LogP contribution in [0.4, 0.5) is 17.1 Å². The maximum absolute atomic E-state index is 12.5. The highest BCUT2D eigenvalue weighted by Crippen LogP contribution is 2.29. The summed E-state index contributed by atoms with van der Waals surface area (Å²) in [5.41, 5.74) is 5.76. The van der Waals surface area contributed by atoms with Gasteiger partial charge in [-0.1, -0.05) is 24.3 Å². The number of aryl methyl sites for hydroxylation is 1. The topological polar surface area (TPSA) is 66.2 Å². The highest BCUT2D eigenvalue weighted by Gasteiger charge is 2.09. The standard InChI is InChI=1S/C24H23N3O2/c1-16-7-12-23(29-2)22(13-16)26-18-8-10-19(11-9-18)27-24(28)14-17-15-25-21-6-4-3-5-20(17)21/h3-13,15,25-26H,14H2,1-2H3,(H,27,28). The molecular weight excluding hydrogens is 362 g/mol. The van der Waals surface area contributed by atoms with Crippen molar-refractivity contribution in [3.63, 3.8) is 0 Å². The molecule has 5 nitrogen and oxygen atoms in total. The molecule has 0 saturated heterocycles. The zero-order valence-corrected chi connectivity index (χ0v) is 16.5. The fraction of sp³-hybridized carbons (Fsp3) is 0.125. The average Bonchev–Trinajstić information content (AvgIpc) is 3.12. The first-order valence-corrected chi connectivity index (χ1v) is 9.49. The average molecular weight is 385 g/mol. The lowest BCUT2D eigenvalue weighted by molar-refractivity contribution is -0.115. The minimum absolute atomic E-state index is 0.0455. The van der Waals surface area contributed by atoms with Gasteiger partial charge in [-0.25, -0.2) is 0 Å². The number of aromatic nitrogens is 1. The van der Waals surface area contributed by atoms with Gasteiger partial charge >= 0.3 is 0 Å². The normalized spacial score (nSPS) is 10.7. The number of rotatable bonds is 6. The molecule has 0 aliphatic rings. The largest absolute Gasteiger partial charge is 0.495 e. The highest BCUT2D eigenvalue weighted by atomic mass is 16.5. The van der Waals surface area contributed by atoms with Gasteiger partial charge in [0.15, 0.2) is 0 Å². The quantitative estimate of drug-likeness (QED) is 0.416. The van der Waals surface area contributed by atoms with E-state index in [4.69, 9.17) is 4.74 Å². The number of amides is 1. The lowest BCUT2D eigenvalue weighted by atomic mass is 10.1. The Morgan fingerprint density at radius 1 is 1.00 bits per heavy atom. The Labute approximate surface area is 169 Å². The Kier molecular flexibility index (Phi) is 5.20. The molecule has 1 aromatic heterocycles. The zero-order chi connectivity index (χ0) is 20.2. The van der Waals surface area contributed by atoms with E-state index in [2.05, 4.69) is 15.6 Å². The summed E-state index contributed by atoms with van der Waals surface area (Å²) >= 11 is 0. The second kappa shape index (κ2) is 8.10. The van der Waals surface area contributed by atoms with Gasteiger partial charge in [0.1, 0.15) is 5.75 Å². The number of nitrogens with one attached hydrogen (secondary N) is 3. The second-order valence-corrected chi connectivity index (χ2v) is 6.99. The molecule has 0 bridgehead atoms. The van der Waals surface area contributed by atoms with Gasteiger partial charge in [0.05, 0.1) is 19.2 Å². The van der Waals surface area contributed by atoms with Crippen molar-refractivity contribution >= 4 is 33.9 Å². The van der Waals surface area contributed by atoms with Gasteiger partial charge in [0.25, 0.3) is 0 Å². The molecule has 0 spiro atoms. The lowest BCUT2D eigenvalue weighted by Crippen LogP contribution is -2.14. The number of fused-ring (bicyclic) bond motifs is 1. The van der Waals surface area contributed by atoms with Gasteiger partial charge in [-0.05, 0) is 60.5 Å². The van der Waals surface area contributed by atoms with Crippen molar-refractivity contribution in [2.75, 3.05) is 17.7 Å². The molecule has 29 heavy (non-hydrogen) atoms. The second-order valence-electron chi connectivity index (χ2n) is 6.99. The zero-order valence-electron chi connectivity index (χ0n) is 16.5. The van der Waals surface area contributed by atoms with Gasteiger partial charge < -0.3 is 20.4 Å². The van der Waals surface area contributed by atoms with Gasteiger partial charge in [-0.3, -0.25) is 4.79 Å². The summed E-state index contributed by atoms with van der Waals surface area (Å²) in [4.78, 5) is 15.7. The molecule has 4 rings (SSSR count). The Bertz CT molecular complexity index is 1150. The molecule has 3 aromatic carbocycles. The predicted molar refractivity (Wildman–Crippen MR) is 118 cm³/mol. The number of hydrogen-bond acceptors (Lipinski definition) is 3. The van der Waals surface area contributed by atoms with E-state index in [0.717, 1.165) is 44.8 Å². The number of para-hydroxylation sites is 1. The van der Waals surface area contributed by atoms with Crippen LogP contribution in [0.25, 0.3) is 10.9 Å². The third kappa shape index (κ3) is 4.24. The first-order valence-electron chi connectivity index (χ1n) is 9.49. The monoisotopic (exact) mass is 385 g/mol. The Balaban J connectivity index is 1.42. The maximum atomic E-state index is 12.5. The van der Waals surface area contributed by atoms with Gasteiger partial charge in [0, 0.05) is 28.5 Å². The van der Waals surface area contributed by atoms with E-state index in [1.165, 1.54) is 0 Å². The molecule has 0 fully saturated rings. The van der Waals surface area contributed by atoms with Crippen LogP contribution in [0.5, 0.6) is 5.75 Å². The number of benzene rings is 3. The first kappa shape index (κ1) is 18.6. The van der Waals surface area contributed by atoms with Crippen molar-refractivity contribution in [2.24, 2.45) is 0 Å². The number of carbonyl (C=O) groups is 1. The third-order valence-corrected chi connectivity index (χ3v) is 4.83. The van der Waals surface area contributed by atoms with E-state index >= 15 is 0 Å². The summed E-state index contributed by atoms with van der Waals surface area (Å²) in [7, 11) is 1.65. The minimum atomic E-state index is -0.0455. The molecule has 0 radical (unpaired) electrons. The molecule has 0 saturated carbocycles. The van der Waals surface area contributed by atoms with Crippen LogP contribution >= 0.6 is 0 Å². The summed E-state index contributed by atoms with van der Waals surface area (Å²) in [6.07, 6.45) is 2.22. The third-order valence-electron chi connectivity index (χ3n) is 4.83. The Morgan fingerprint density at radius 3 is 2.55 bits per heavy atom. The van der Waals surface area contributed by atoms with Crippen LogP contribution in [0.2, 0.25) is 0 Å². The number of H-pyrrole nitrogens is 1. The molecule has 0 atom stereocenters.